The molecule has 1 unspecified atom stereocenters. The molecule has 0 bridgehead atoms. The fraction of sp³-hybridized carbons (Fsp3) is 0.304. The van der Waals surface area contributed by atoms with E-state index in [0.717, 1.165) is 38.3 Å². The van der Waals surface area contributed by atoms with Gasteiger partial charge in [-0.1, -0.05) is 72.3 Å². The second-order valence-corrected chi connectivity index (χ2v) is 8.09. The molecule has 2 heterocycles. The number of piperidine rings is 1. The smallest absolute Gasteiger partial charge is 0.225 e. The van der Waals surface area contributed by atoms with Gasteiger partial charge in [-0.05, 0) is 42.0 Å². The highest BCUT2D eigenvalue weighted by molar-refractivity contribution is 6.32. The Balaban J connectivity index is 1.66. The van der Waals surface area contributed by atoms with Crippen molar-refractivity contribution < 1.29 is 0 Å². The third-order valence-electron chi connectivity index (χ3n) is 5.30. The van der Waals surface area contributed by atoms with Crippen molar-refractivity contribution in [3.63, 3.8) is 0 Å². The molecule has 0 aliphatic carbocycles. The first-order chi connectivity index (χ1) is 14.2. The minimum absolute atomic E-state index is 0.189. The maximum atomic E-state index is 6.18. The van der Waals surface area contributed by atoms with Gasteiger partial charge in [0.05, 0.1) is 6.17 Å². The standard InChI is InChI=1S/C23H24Cl2N4/c24-20-15-21(27-23(25)26-20)29-14-8-7-13-22(29)28(16-18-9-3-1-4-10-18)17-19-11-5-2-6-12-19/h1-6,9-12,15,22H,7-8,13-14,16-17H2. The predicted octanol–water partition coefficient (Wildman–Crippen LogP) is 5.80. The van der Waals surface area contributed by atoms with Crippen LogP contribution in [0, 0.1) is 0 Å². The molecule has 150 valence electrons. The number of hydrogen-bond acceptors (Lipinski definition) is 4. The van der Waals surface area contributed by atoms with Crippen molar-refractivity contribution in [2.75, 3.05) is 11.4 Å². The van der Waals surface area contributed by atoms with Crippen molar-refractivity contribution in [3.05, 3.63) is 88.3 Å². The molecule has 1 aliphatic rings. The Kier molecular flexibility index (Phi) is 6.65. The monoisotopic (exact) mass is 426 g/mol. The average molecular weight is 427 g/mol. The second-order valence-electron chi connectivity index (χ2n) is 7.36. The van der Waals surface area contributed by atoms with Gasteiger partial charge in [0.2, 0.25) is 5.28 Å². The maximum Gasteiger partial charge on any atom is 0.225 e. The summed E-state index contributed by atoms with van der Waals surface area (Å²) in [5.41, 5.74) is 2.60. The van der Waals surface area contributed by atoms with Crippen LogP contribution in [0.15, 0.2) is 66.7 Å². The van der Waals surface area contributed by atoms with Crippen LogP contribution in [-0.2, 0) is 13.1 Å². The highest BCUT2D eigenvalue weighted by atomic mass is 35.5. The van der Waals surface area contributed by atoms with E-state index in [0.29, 0.717) is 5.15 Å². The third-order valence-corrected chi connectivity index (χ3v) is 5.66. The zero-order valence-electron chi connectivity index (χ0n) is 16.2. The van der Waals surface area contributed by atoms with E-state index in [-0.39, 0.29) is 11.4 Å². The van der Waals surface area contributed by atoms with Crippen molar-refractivity contribution in [1.82, 2.24) is 14.9 Å². The van der Waals surface area contributed by atoms with Crippen LogP contribution >= 0.6 is 23.2 Å². The molecule has 3 aromatic rings. The molecule has 0 amide bonds. The first kappa shape index (κ1) is 20.1. The number of benzene rings is 2. The molecule has 1 aromatic heterocycles. The van der Waals surface area contributed by atoms with Gasteiger partial charge in [0, 0.05) is 25.7 Å². The van der Waals surface area contributed by atoms with E-state index in [4.69, 9.17) is 23.2 Å². The molecule has 29 heavy (non-hydrogen) atoms. The Morgan fingerprint density at radius 1 is 0.862 bits per heavy atom. The summed E-state index contributed by atoms with van der Waals surface area (Å²) in [6, 6.07) is 23.1. The quantitative estimate of drug-likeness (QED) is 0.368. The van der Waals surface area contributed by atoms with Gasteiger partial charge in [-0.25, -0.2) is 9.97 Å². The van der Waals surface area contributed by atoms with Gasteiger partial charge in [-0.2, -0.15) is 0 Å². The summed E-state index contributed by atoms with van der Waals surface area (Å²) in [4.78, 5) is 13.3. The van der Waals surface area contributed by atoms with Crippen LogP contribution in [0.2, 0.25) is 10.4 Å². The molecule has 1 aliphatic heterocycles. The van der Waals surface area contributed by atoms with Gasteiger partial charge in [-0.3, -0.25) is 4.90 Å². The van der Waals surface area contributed by atoms with Crippen LogP contribution in [0.4, 0.5) is 5.82 Å². The first-order valence-corrected chi connectivity index (χ1v) is 10.7. The average Bonchev–Trinajstić information content (AvgIpc) is 2.74. The molecule has 2 aromatic carbocycles. The van der Waals surface area contributed by atoms with E-state index >= 15 is 0 Å². The van der Waals surface area contributed by atoms with Crippen molar-refractivity contribution in [2.45, 2.75) is 38.5 Å². The van der Waals surface area contributed by atoms with E-state index in [1.165, 1.54) is 17.5 Å². The molecule has 0 radical (unpaired) electrons. The van der Waals surface area contributed by atoms with E-state index in [1.807, 2.05) is 6.07 Å². The lowest BCUT2D eigenvalue weighted by molar-refractivity contribution is 0.147. The zero-order chi connectivity index (χ0) is 20.1. The number of hydrogen-bond donors (Lipinski definition) is 0. The lowest BCUT2D eigenvalue weighted by atomic mass is 10.0. The largest absolute Gasteiger partial charge is 0.341 e. The summed E-state index contributed by atoms with van der Waals surface area (Å²) in [5, 5.41) is 0.566. The van der Waals surface area contributed by atoms with E-state index < -0.39 is 0 Å². The topological polar surface area (TPSA) is 32.3 Å². The molecule has 4 rings (SSSR count). The lowest BCUT2D eigenvalue weighted by Crippen LogP contribution is -2.51. The second kappa shape index (κ2) is 9.57. The van der Waals surface area contributed by atoms with Crippen LogP contribution in [0.1, 0.15) is 30.4 Å². The van der Waals surface area contributed by atoms with E-state index in [2.05, 4.69) is 80.4 Å². The maximum absolute atomic E-state index is 6.18. The van der Waals surface area contributed by atoms with Gasteiger partial charge in [-0.15, -0.1) is 0 Å². The van der Waals surface area contributed by atoms with Crippen LogP contribution in [-0.4, -0.2) is 27.6 Å². The summed E-state index contributed by atoms with van der Waals surface area (Å²) in [6.07, 6.45) is 3.60. The van der Waals surface area contributed by atoms with Gasteiger partial charge >= 0.3 is 0 Å². The minimum Gasteiger partial charge on any atom is -0.341 e. The number of aromatic nitrogens is 2. The van der Waals surface area contributed by atoms with Crippen molar-refractivity contribution >= 4 is 29.0 Å². The molecule has 1 atom stereocenters. The Hall–Kier alpha value is -2.14. The summed E-state index contributed by atoms with van der Waals surface area (Å²) in [5.74, 6) is 0.797. The SMILES string of the molecule is Clc1cc(N2CCCCC2N(Cc2ccccc2)Cc2ccccc2)nc(Cl)n1. The molecular formula is C23H24Cl2N4. The molecule has 6 heteroatoms. The van der Waals surface area contributed by atoms with Gasteiger partial charge < -0.3 is 4.90 Å². The van der Waals surface area contributed by atoms with Crippen molar-refractivity contribution in [1.29, 1.82) is 0 Å². The van der Waals surface area contributed by atoms with Crippen LogP contribution in [0.25, 0.3) is 0 Å². The first-order valence-electron chi connectivity index (χ1n) is 9.98. The summed E-state index contributed by atoms with van der Waals surface area (Å²) in [7, 11) is 0. The van der Waals surface area contributed by atoms with Crippen molar-refractivity contribution in [3.8, 4) is 0 Å². The molecule has 0 saturated carbocycles. The Bertz CT molecular complexity index is 859. The molecule has 0 spiro atoms. The van der Waals surface area contributed by atoms with Crippen LogP contribution in [0.5, 0.6) is 0 Å². The number of nitrogens with zero attached hydrogens (tertiary/aromatic N) is 4. The van der Waals surface area contributed by atoms with Crippen LogP contribution < -0.4 is 4.90 Å². The zero-order valence-corrected chi connectivity index (χ0v) is 17.7. The highest BCUT2D eigenvalue weighted by Gasteiger charge is 2.29. The number of rotatable bonds is 6. The Morgan fingerprint density at radius 3 is 2.07 bits per heavy atom. The molecule has 4 nitrogen and oxygen atoms in total. The highest BCUT2D eigenvalue weighted by Crippen LogP contribution is 2.29. The fourth-order valence-corrected chi connectivity index (χ4v) is 4.39. The Labute approximate surface area is 182 Å². The van der Waals surface area contributed by atoms with Gasteiger partial charge in [0.15, 0.2) is 0 Å². The molecule has 1 saturated heterocycles. The molecule has 0 N–H and O–H groups in total. The molecular weight excluding hydrogens is 403 g/mol. The van der Waals surface area contributed by atoms with E-state index in [9.17, 15) is 0 Å². The third kappa shape index (κ3) is 5.27. The minimum atomic E-state index is 0.189. The van der Waals surface area contributed by atoms with E-state index in [1.54, 1.807) is 0 Å². The van der Waals surface area contributed by atoms with Gasteiger partial charge in [0.1, 0.15) is 11.0 Å². The number of halogens is 2. The molecule has 1 fully saturated rings. The summed E-state index contributed by atoms with van der Waals surface area (Å²) >= 11 is 12.3. The van der Waals surface area contributed by atoms with Crippen LogP contribution in [0.3, 0.4) is 0 Å². The normalized spacial score (nSPS) is 16.9. The summed E-state index contributed by atoms with van der Waals surface area (Å²) in [6.45, 7) is 2.65. The Morgan fingerprint density at radius 2 is 1.48 bits per heavy atom. The van der Waals surface area contributed by atoms with Gasteiger partial charge in [0.25, 0.3) is 0 Å². The number of anilines is 1. The summed E-state index contributed by atoms with van der Waals surface area (Å²) < 4.78 is 0. The van der Waals surface area contributed by atoms with Crippen molar-refractivity contribution in [2.24, 2.45) is 0 Å². The lowest BCUT2D eigenvalue weighted by Gasteiger charge is -2.43. The predicted molar refractivity (Wildman–Crippen MR) is 119 cm³/mol. The fourth-order valence-electron chi connectivity index (χ4n) is 3.99.